The Morgan fingerprint density at radius 1 is 1.19 bits per heavy atom. The molecule has 1 saturated carbocycles. The zero-order valence-electron chi connectivity index (χ0n) is 17.1. The van der Waals surface area contributed by atoms with E-state index in [9.17, 15) is 13.6 Å². The third-order valence-corrected chi connectivity index (χ3v) is 6.30. The summed E-state index contributed by atoms with van der Waals surface area (Å²) in [7, 11) is 0. The van der Waals surface area contributed by atoms with E-state index in [0.717, 1.165) is 31.0 Å². The van der Waals surface area contributed by atoms with E-state index in [-0.39, 0.29) is 11.6 Å². The number of hydrogen-bond donors (Lipinski definition) is 1. The molecule has 0 spiro atoms. The molecule has 0 unspecified atom stereocenters. The number of amides is 1. The second kappa shape index (κ2) is 7.40. The molecule has 6 rings (SSSR count). The molecule has 0 atom stereocenters. The van der Waals surface area contributed by atoms with Crippen LogP contribution in [0.2, 0.25) is 0 Å². The highest BCUT2D eigenvalue weighted by molar-refractivity contribution is 5.96. The van der Waals surface area contributed by atoms with Crippen LogP contribution >= 0.6 is 0 Å². The molecule has 4 heterocycles. The second-order valence-electron chi connectivity index (χ2n) is 8.36. The molecule has 31 heavy (non-hydrogen) atoms. The molecule has 160 valence electrons. The van der Waals surface area contributed by atoms with Gasteiger partial charge < -0.3 is 10.2 Å². The number of fused-ring (bicyclic) bond motifs is 2. The topological polar surface area (TPSA) is 75.9 Å². The Kier molecular flexibility index (Phi) is 4.68. The minimum Gasteiger partial charge on any atom is -0.380 e. The number of aromatic nitrogens is 4. The molecular formula is C22H22F2N6O. The normalized spacial score (nSPS) is 22.2. The second-order valence-corrected chi connectivity index (χ2v) is 8.36. The van der Waals surface area contributed by atoms with E-state index in [4.69, 9.17) is 0 Å². The Hall–Kier alpha value is -3.36. The molecule has 3 fully saturated rings. The van der Waals surface area contributed by atoms with Gasteiger partial charge in [-0.15, -0.1) is 4.80 Å². The fraction of sp³-hybridized carbons (Fsp3) is 0.364. The molecule has 7 nitrogen and oxygen atoms in total. The van der Waals surface area contributed by atoms with Crippen LogP contribution in [-0.2, 0) is 0 Å². The summed E-state index contributed by atoms with van der Waals surface area (Å²) in [6.45, 7) is 2.83. The standard InChI is InChI=1S/C22H22F2N6O/c1-14-2-5-19(30-26-7-8-27-30)20(28-14)21(31)29-9-6-15-11-22(29,12-15)13-25-18-4-3-16(23)10-17(18)24/h2-5,7-8,10,15,25H,6,9,11-13H2,1H3. The maximum absolute atomic E-state index is 14.1. The summed E-state index contributed by atoms with van der Waals surface area (Å²) in [6, 6.07) is 7.07. The molecule has 0 radical (unpaired) electrons. The first-order valence-corrected chi connectivity index (χ1v) is 10.3. The first-order chi connectivity index (χ1) is 14.9. The van der Waals surface area contributed by atoms with E-state index >= 15 is 0 Å². The van der Waals surface area contributed by atoms with Gasteiger partial charge in [0.1, 0.15) is 17.3 Å². The summed E-state index contributed by atoms with van der Waals surface area (Å²) in [6.07, 6.45) is 5.72. The maximum Gasteiger partial charge on any atom is 0.275 e. The molecule has 3 aromatic rings. The number of piperidine rings is 2. The van der Waals surface area contributed by atoms with Crippen LogP contribution < -0.4 is 5.32 Å². The Labute approximate surface area is 178 Å². The van der Waals surface area contributed by atoms with Gasteiger partial charge in [0, 0.05) is 24.8 Å². The predicted molar refractivity (Wildman–Crippen MR) is 110 cm³/mol. The third kappa shape index (κ3) is 3.43. The predicted octanol–water partition coefficient (Wildman–Crippen LogP) is 3.36. The van der Waals surface area contributed by atoms with Crippen molar-refractivity contribution >= 4 is 11.6 Å². The molecule has 1 N–H and O–H groups in total. The van der Waals surface area contributed by atoms with Crippen molar-refractivity contribution in [3.63, 3.8) is 0 Å². The van der Waals surface area contributed by atoms with Gasteiger partial charge in [0.15, 0.2) is 5.69 Å². The first kappa shape index (κ1) is 19.6. The molecule has 2 bridgehead atoms. The Morgan fingerprint density at radius 3 is 2.71 bits per heavy atom. The number of nitrogens with zero attached hydrogens (tertiary/aromatic N) is 5. The highest BCUT2D eigenvalue weighted by Gasteiger charge is 2.54. The molecule has 1 amide bonds. The van der Waals surface area contributed by atoms with Crippen LogP contribution in [0.15, 0.2) is 42.7 Å². The summed E-state index contributed by atoms with van der Waals surface area (Å²) in [5.41, 5.74) is 1.35. The molecule has 3 aliphatic rings. The van der Waals surface area contributed by atoms with Crippen LogP contribution in [0.4, 0.5) is 14.5 Å². The van der Waals surface area contributed by atoms with Gasteiger partial charge in [-0.2, -0.15) is 10.2 Å². The van der Waals surface area contributed by atoms with Crippen LogP contribution in [0.25, 0.3) is 5.69 Å². The van der Waals surface area contributed by atoms with Crippen molar-refractivity contribution in [3.05, 3.63) is 65.7 Å². The van der Waals surface area contributed by atoms with Crippen LogP contribution in [0.3, 0.4) is 0 Å². The quantitative estimate of drug-likeness (QED) is 0.680. The fourth-order valence-corrected chi connectivity index (χ4v) is 4.77. The SMILES string of the molecule is Cc1ccc(-n2nccn2)c(C(=O)N2CCC3CC2(CNc2ccc(F)cc2F)C3)n1. The van der Waals surface area contributed by atoms with Gasteiger partial charge in [0.25, 0.3) is 5.91 Å². The smallest absolute Gasteiger partial charge is 0.275 e. The van der Waals surface area contributed by atoms with Gasteiger partial charge in [-0.25, -0.2) is 13.8 Å². The molecular weight excluding hydrogens is 402 g/mol. The van der Waals surface area contributed by atoms with Gasteiger partial charge in [-0.1, -0.05) is 0 Å². The van der Waals surface area contributed by atoms with Gasteiger partial charge in [0.05, 0.1) is 23.6 Å². The van der Waals surface area contributed by atoms with Crippen molar-refractivity contribution in [1.82, 2.24) is 24.9 Å². The van der Waals surface area contributed by atoms with Crippen LogP contribution in [0.5, 0.6) is 0 Å². The minimum absolute atomic E-state index is 0.185. The van der Waals surface area contributed by atoms with Crippen molar-refractivity contribution in [2.75, 3.05) is 18.4 Å². The zero-order valence-corrected chi connectivity index (χ0v) is 17.1. The van der Waals surface area contributed by atoms with E-state index in [1.807, 2.05) is 17.9 Å². The van der Waals surface area contributed by atoms with E-state index in [1.54, 1.807) is 18.5 Å². The number of pyridine rings is 1. The first-order valence-electron chi connectivity index (χ1n) is 10.3. The number of anilines is 1. The summed E-state index contributed by atoms with van der Waals surface area (Å²) in [5, 5.41) is 11.4. The van der Waals surface area contributed by atoms with Crippen molar-refractivity contribution in [1.29, 1.82) is 0 Å². The molecule has 2 aromatic heterocycles. The molecule has 9 heteroatoms. The largest absolute Gasteiger partial charge is 0.380 e. The summed E-state index contributed by atoms with van der Waals surface area (Å²) >= 11 is 0. The number of halogens is 2. The molecule has 1 aromatic carbocycles. The van der Waals surface area contributed by atoms with Gasteiger partial charge in [-0.3, -0.25) is 4.79 Å². The molecule has 2 saturated heterocycles. The van der Waals surface area contributed by atoms with Gasteiger partial charge in [-0.05, 0) is 56.4 Å². The lowest BCUT2D eigenvalue weighted by Gasteiger charge is -2.59. The fourth-order valence-electron chi connectivity index (χ4n) is 4.77. The van der Waals surface area contributed by atoms with E-state index < -0.39 is 17.2 Å². The molecule has 2 aliphatic heterocycles. The van der Waals surface area contributed by atoms with Crippen LogP contribution in [0, 0.1) is 24.5 Å². The lowest BCUT2D eigenvalue weighted by atomic mass is 9.62. The van der Waals surface area contributed by atoms with Crippen molar-refractivity contribution in [2.24, 2.45) is 5.92 Å². The highest BCUT2D eigenvalue weighted by atomic mass is 19.1. The zero-order chi connectivity index (χ0) is 21.6. The lowest BCUT2D eigenvalue weighted by molar-refractivity contribution is -0.0490. The number of hydrogen-bond acceptors (Lipinski definition) is 5. The number of nitrogens with one attached hydrogen (secondary N) is 1. The van der Waals surface area contributed by atoms with Crippen molar-refractivity contribution in [2.45, 2.75) is 31.7 Å². The maximum atomic E-state index is 14.1. The Balaban J connectivity index is 1.44. The summed E-state index contributed by atoms with van der Waals surface area (Å²) in [5.74, 6) is -0.893. The minimum atomic E-state index is -0.645. The monoisotopic (exact) mass is 424 g/mol. The highest BCUT2D eigenvalue weighted by Crippen LogP contribution is 2.49. The van der Waals surface area contributed by atoms with E-state index in [1.165, 1.54) is 16.9 Å². The number of benzene rings is 1. The van der Waals surface area contributed by atoms with Crippen LogP contribution in [0.1, 0.15) is 35.4 Å². The lowest BCUT2D eigenvalue weighted by Crippen LogP contribution is -2.67. The third-order valence-electron chi connectivity index (χ3n) is 6.30. The Morgan fingerprint density at radius 2 is 1.97 bits per heavy atom. The average molecular weight is 424 g/mol. The number of carbonyl (C=O) groups is 1. The average Bonchev–Trinajstić information content (AvgIpc) is 3.26. The summed E-state index contributed by atoms with van der Waals surface area (Å²) < 4.78 is 27.3. The van der Waals surface area contributed by atoms with Gasteiger partial charge in [0.2, 0.25) is 0 Å². The number of carbonyl (C=O) groups excluding carboxylic acids is 1. The van der Waals surface area contributed by atoms with Crippen LogP contribution in [-0.4, -0.2) is 49.4 Å². The summed E-state index contributed by atoms with van der Waals surface area (Å²) in [4.78, 5) is 21.4. The number of rotatable bonds is 5. The van der Waals surface area contributed by atoms with Crippen molar-refractivity contribution in [3.8, 4) is 5.69 Å². The van der Waals surface area contributed by atoms with Crippen molar-refractivity contribution < 1.29 is 13.6 Å². The van der Waals surface area contributed by atoms with E-state index in [0.29, 0.717) is 30.4 Å². The number of aryl methyl sites for hydroxylation is 1. The Bertz CT molecular complexity index is 1130. The molecule has 1 aliphatic carbocycles. The van der Waals surface area contributed by atoms with Gasteiger partial charge >= 0.3 is 0 Å². The van der Waals surface area contributed by atoms with E-state index in [2.05, 4.69) is 20.5 Å².